The van der Waals surface area contributed by atoms with E-state index in [4.69, 9.17) is 21.1 Å². The van der Waals surface area contributed by atoms with Crippen LogP contribution in [-0.4, -0.2) is 18.3 Å². The number of anilines is 1. The SMILES string of the molecule is COc1cc(C=C2SC(=O)N(c3ccc(Cl)cc3)C2=O)ccc1OCc1ccccc1. The van der Waals surface area contributed by atoms with Crippen LogP contribution in [0.3, 0.4) is 0 Å². The molecule has 0 saturated carbocycles. The molecule has 0 atom stereocenters. The van der Waals surface area contributed by atoms with Gasteiger partial charge in [-0.25, -0.2) is 4.90 Å². The highest BCUT2D eigenvalue weighted by molar-refractivity contribution is 8.19. The summed E-state index contributed by atoms with van der Waals surface area (Å²) < 4.78 is 11.3. The first-order valence-corrected chi connectivity index (χ1v) is 10.6. The molecule has 0 bridgehead atoms. The Labute approximate surface area is 189 Å². The van der Waals surface area contributed by atoms with Crippen LogP contribution in [0.4, 0.5) is 10.5 Å². The summed E-state index contributed by atoms with van der Waals surface area (Å²) in [6.45, 7) is 0.413. The molecule has 1 saturated heterocycles. The van der Waals surface area contributed by atoms with Crippen LogP contribution in [0.25, 0.3) is 6.08 Å². The first kappa shape index (κ1) is 21.0. The maximum Gasteiger partial charge on any atom is 0.298 e. The van der Waals surface area contributed by atoms with Crippen molar-refractivity contribution in [3.05, 3.63) is 93.9 Å². The van der Waals surface area contributed by atoms with Gasteiger partial charge in [-0.3, -0.25) is 9.59 Å². The molecule has 1 aliphatic heterocycles. The zero-order chi connectivity index (χ0) is 21.8. The molecule has 31 heavy (non-hydrogen) atoms. The number of methoxy groups -OCH3 is 1. The van der Waals surface area contributed by atoms with E-state index in [0.29, 0.717) is 33.7 Å². The lowest BCUT2D eigenvalue weighted by atomic mass is 10.1. The number of amides is 2. The summed E-state index contributed by atoms with van der Waals surface area (Å²) in [4.78, 5) is 26.7. The Morgan fingerprint density at radius 3 is 2.42 bits per heavy atom. The van der Waals surface area contributed by atoms with E-state index in [9.17, 15) is 9.59 Å². The van der Waals surface area contributed by atoms with Crippen molar-refractivity contribution in [3.63, 3.8) is 0 Å². The number of thioether (sulfide) groups is 1. The Hall–Kier alpha value is -3.22. The fourth-order valence-electron chi connectivity index (χ4n) is 3.06. The highest BCUT2D eigenvalue weighted by atomic mass is 35.5. The maximum atomic E-state index is 12.8. The lowest BCUT2D eigenvalue weighted by molar-refractivity contribution is -0.113. The Morgan fingerprint density at radius 1 is 0.968 bits per heavy atom. The summed E-state index contributed by atoms with van der Waals surface area (Å²) in [5.74, 6) is 0.764. The molecule has 2 amide bonds. The van der Waals surface area contributed by atoms with E-state index >= 15 is 0 Å². The third-order valence-electron chi connectivity index (χ3n) is 4.60. The maximum absolute atomic E-state index is 12.8. The van der Waals surface area contributed by atoms with Crippen LogP contribution in [0.2, 0.25) is 5.02 Å². The van der Waals surface area contributed by atoms with E-state index in [1.54, 1.807) is 49.6 Å². The lowest BCUT2D eigenvalue weighted by Crippen LogP contribution is -2.27. The van der Waals surface area contributed by atoms with Gasteiger partial charge in [-0.05, 0) is 65.4 Å². The molecule has 0 spiro atoms. The second-order valence-electron chi connectivity index (χ2n) is 6.68. The Kier molecular flexibility index (Phi) is 6.30. The van der Waals surface area contributed by atoms with Crippen molar-refractivity contribution >= 4 is 46.3 Å². The molecule has 1 aliphatic rings. The van der Waals surface area contributed by atoms with Gasteiger partial charge in [0, 0.05) is 5.02 Å². The van der Waals surface area contributed by atoms with E-state index in [0.717, 1.165) is 27.8 Å². The standard InChI is InChI=1S/C24H18ClNO4S/c1-29-21-13-17(7-12-20(21)30-15-16-5-3-2-4-6-16)14-22-23(27)26(24(28)31-22)19-10-8-18(25)9-11-19/h2-14H,15H2,1H3. The van der Waals surface area contributed by atoms with Crippen LogP contribution in [0.5, 0.6) is 11.5 Å². The number of ether oxygens (including phenoxy) is 2. The molecule has 0 N–H and O–H groups in total. The van der Waals surface area contributed by atoms with Crippen LogP contribution < -0.4 is 14.4 Å². The van der Waals surface area contributed by atoms with Crippen LogP contribution in [-0.2, 0) is 11.4 Å². The fraction of sp³-hybridized carbons (Fsp3) is 0.0833. The fourth-order valence-corrected chi connectivity index (χ4v) is 4.03. The second kappa shape index (κ2) is 9.29. The summed E-state index contributed by atoms with van der Waals surface area (Å²) in [6, 6.07) is 21.8. The highest BCUT2D eigenvalue weighted by Crippen LogP contribution is 2.37. The first-order valence-electron chi connectivity index (χ1n) is 9.43. The lowest BCUT2D eigenvalue weighted by Gasteiger charge is -2.12. The van der Waals surface area contributed by atoms with Crippen molar-refractivity contribution in [3.8, 4) is 11.5 Å². The van der Waals surface area contributed by atoms with Crippen LogP contribution in [0.15, 0.2) is 77.7 Å². The third-order valence-corrected chi connectivity index (χ3v) is 5.72. The van der Waals surface area contributed by atoms with E-state index in [1.165, 1.54) is 0 Å². The molecule has 0 aromatic heterocycles. The monoisotopic (exact) mass is 451 g/mol. The molecule has 0 unspecified atom stereocenters. The topological polar surface area (TPSA) is 55.8 Å². The molecule has 4 rings (SSSR count). The summed E-state index contributed by atoms with van der Waals surface area (Å²) in [5.41, 5.74) is 2.26. The second-order valence-corrected chi connectivity index (χ2v) is 8.11. The average molecular weight is 452 g/mol. The number of hydrogen-bond acceptors (Lipinski definition) is 5. The normalized spacial score (nSPS) is 14.9. The zero-order valence-corrected chi connectivity index (χ0v) is 18.2. The molecule has 5 nitrogen and oxygen atoms in total. The predicted molar refractivity (Wildman–Crippen MR) is 124 cm³/mol. The van der Waals surface area contributed by atoms with Crippen molar-refractivity contribution in [1.29, 1.82) is 0 Å². The summed E-state index contributed by atoms with van der Waals surface area (Å²) in [7, 11) is 1.56. The van der Waals surface area contributed by atoms with Gasteiger partial charge in [0.25, 0.3) is 11.1 Å². The largest absolute Gasteiger partial charge is 0.493 e. The van der Waals surface area contributed by atoms with Crippen molar-refractivity contribution in [1.82, 2.24) is 0 Å². The van der Waals surface area contributed by atoms with E-state index in [2.05, 4.69) is 0 Å². The van der Waals surface area contributed by atoms with E-state index < -0.39 is 0 Å². The molecule has 1 heterocycles. The molecule has 3 aromatic rings. The summed E-state index contributed by atoms with van der Waals surface area (Å²) >= 11 is 6.79. The number of imide groups is 1. The minimum atomic E-state index is -0.374. The quantitative estimate of drug-likeness (QED) is 0.419. The first-order chi connectivity index (χ1) is 15.0. The smallest absolute Gasteiger partial charge is 0.298 e. The molecule has 156 valence electrons. The number of carbonyl (C=O) groups excluding carboxylic acids is 2. The molecule has 3 aromatic carbocycles. The molecular formula is C24H18ClNO4S. The molecular weight excluding hydrogens is 434 g/mol. The third kappa shape index (κ3) is 4.76. The average Bonchev–Trinajstić information content (AvgIpc) is 3.07. The highest BCUT2D eigenvalue weighted by Gasteiger charge is 2.36. The Bertz CT molecular complexity index is 1150. The number of benzene rings is 3. The van der Waals surface area contributed by atoms with Gasteiger partial charge in [-0.2, -0.15) is 0 Å². The van der Waals surface area contributed by atoms with E-state index in [1.807, 2.05) is 36.4 Å². The number of hydrogen-bond donors (Lipinski definition) is 0. The van der Waals surface area contributed by atoms with Gasteiger partial charge in [0.15, 0.2) is 11.5 Å². The Balaban J connectivity index is 1.53. The van der Waals surface area contributed by atoms with Crippen LogP contribution in [0.1, 0.15) is 11.1 Å². The number of rotatable bonds is 6. The Morgan fingerprint density at radius 2 is 1.71 bits per heavy atom. The number of halogens is 1. The predicted octanol–water partition coefficient (Wildman–Crippen LogP) is 6.17. The molecule has 7 heteroatoms. The van der Waals surface area contributed by atoms with Crippen molar-refractivity contribution in [2.45, 2.75) is 6.61 Å². The van der Waals surface area contributed by atoms with Gasteiger partial charge >= 0.3 is 0 Å². The van der Waals surface area contributed by atoms with Crippen LogP contribution >= 0.6 is 23.4 Å². The van der Waals surface area contributed by atoms with Gasteiger partial charge < -0.3 is 9.47 Å². The van der Waals surface area contributed by atoms with Crippen LogP contribution in [0, 0.1) is 0 Å². The van der Waals surface area contributed by atoms with Crippen molar-refractivity contribution in [2.75, 3.05) is 12.0 Å². The zero-order valence-electron chi connectivity index (χ0n) is 16.6. The van der Waals surface area contributed by atoms with Gasteiger partial charge in [0.1, 0.15) is 6.61 Å². The molecule has 0 radical (unpaired) electrons. The van der Waals surface area contributed by atoms with Gasteiger partial charge in [-0.15, -0.1) is 0 Å². The summed E-state index contributed by atoms with van der Waals surface area (Å²) in [6.07, 6.45) is 1.67. The number of nitrogens with zero attached hydrogens (tertiary/aromatic N) is 1. The van der Waals surface area contributed by atoms with Crippen molar-refractivity contribution < 1.29 is 19.1 Å². The molecule has 1 fully saturated rings. The minimum absolute atomic E-state index is 0.333. The summed E-state index contributed by atoms with van der Waals surface area (Å²) in [5, 5.41) is 0.182. The van der Waals surface area contributed by atoms with Gasteiger partial charge in [-0.1, -0.05) is 48.0 Å². The van der Waals surface area contributed by atoms with Crippen molar-refractivity contribution in [2.24, 2.45) is 0 Å². The minimum Gasteiger partial charge on any atom is -0.493 e. The number of carbonyl (C=O) groups is 2. The van der Waals surface area contributed by atoms with E-state index in [-0.39, 0.29) is 11.1 Å². The molecule has 0 aliphatic carbocycles. The van der Waals surface area contributed by atoms with Gasteiger partial charge in [0.2, 0.25) is 0 Å². The van der Waals surface area contributed by atoms with Gasteiger partial charge in [0.05, 0.1) is 17.7 Å².